The van der Waals surface area contributed by atoms with Crippen LogP contribution in [0.2, 0.25) is 5.02 Å². The molecule has 1 amide bonds. The number of benzene rings is 2. The summed E-state index contributed by atoms with van der Waals surface area (Å²) in [6.07, 6.45) is 1.78. The highest BCUT2D eigenvalue weighted by Gasteiger charge is 2.23. The fourth-order valence-corrected chi connectivity index (χ4v) is 2.16. The van der Waals surface area contributed by atoms with Crippen LogP contribution < -0.4 is 10.6 Å². The third kappa shape index (κ3) is 4.45. The third-order valence-corrected chi connectivity index (χ3v) is 3.34. The molecule has 0 radical (unpaired) electrons. The minimum Gasteiger partial charge on any atom is -0.329 e. The van der Waals surface area contributed by atoms with Crippen molar-refractivity contribution in [1.82, 2.24) is 0 Å². The van der Waals surface area contributed by atoms with Gasteiger partial charge in [0.1, 0.15) is 0 Å². The molecule has 3 nitrogen and oxygen atoms in total. The molecular formula is C17H18ClN2O+. The molecular weight excluding hydrogens is 284 g/mol. The van der Waals surface area contributed by atoms with Crippen LogP contribution in [0.4, 0.5) is 5.69 Å². The first-order valence-corrected chi connectivity index (χ1v) is 7.14. The van der Waals surface area contributed by atoms with E-state index in [0.717, 1.165) is 11.3 Å². The standard InChI is InChI=1S/C17H17ClN2O/c1-2-12-19-16(13-8-10-14(18)11-9-13)17(21)20-15-6-4-3-5-7-15/h2-11,16,19H,1,12H2,(H,20,21)/p+1/t16-/m0/s1. The van der Waals surface area contributed by atoms with Gasteiger partial charge in [-0.25, -0.2) is 0 Å². The van der Waals surface area contributed by atoms with Crippen molar-refractivity contribution in [2.45, 2.75) is 6.04 Å². The van der Waals surface area contributed by atoms with Gasteiger partial charge in [0.15, 0.2) is 6.04 Å². The lowest BCUT2D eigenvalue weighted by atomic mass is 10.1. The van der Waals surface area contributed by atoms with Crippen LogP contribution in [-0.4, -0.2) is 12.5 Å². The SMILES string of the molecule is C=CC[NH2+][C@H](C(=O)Nc1ccccc1)c1ccc(Cl)cc1. The number of hydrogen-bond donors (Lipinski definition) is 2. The highest BCUT2D eigenvalue weighted by molar-refractivity contribution is 6.30. The van der Waals surface area contributed by atoms with Crippen molar-refractivity contribution < 1.29 is 10.1 Å². The molecule has 0 aliphatic carbocycles. The van der Waals surface area contributed by atoms with Crippen molar-refractivity contribution in [1.29, 1.82) is 0 Å². The monoisotopic (exact) mass is 301 g/mol. The summed E-state index contributed by atoms with van der Waals surface area (Å²) in [4.78, 5) is 12.5. The first-order chi connectivity index (χ1) is 10.2. The Morgan fingerprint density at radius 3 is 2.48 bits per heavy atom. The molecule has 4 heteroatoms. The van der Waals surface area contributed by atoms with Crippen molar-refractivity contribution in [2.24, 2.45) is 0 Å². The lowest BCUT2D eigenvalue weighted by Gasteiger charge is -2.15. The average molecular weight is 302 g/mol. The molecule has 0 aromatic heterocycles. The van der Waals surface area contributed by atoms with E-state index in [1.165, 1.54) is 0 Å². The van der Waals surface area contributed by atoms with Crippen molar-refractivity contribution in [2.75, 3.05) is 11.9 Å². The summed E-state index contributed by atoms with van der Waals surface area (Å²) < 4.78 is 0. The van der Waals surface area contributed by atoms with Gasteiger partial charge in [-0.05, 0) is 30.3 Å². The van der Waals surface area contributed by atoms with E-state index in [4.69, 9.17) is 11.6 Å². The first-order valence-electron chi connectivity index (χ1n) is 6.76. The number of halogens is 1. The Morgan fingerprint density at radius 2 is 1.86 bits per heavy atom. The molecule has 0 aliphatic heterocycles. The van der Waals surface area contributed by atoms with Gasteiger partial charge in [0, 0.05) is 16.3 Å². The third-order valence-electron chi connectivity index (χ3n) is 3.09. The molecule has 1 atom stereocenters. The Bertz CT molecular complexity index is 596. The summed E-state index contributed by atoms with van der Waals surface area (Å²) in [5.41, 5.74) is 1.70. The topological polar surface area (TPSA) is 45.7 Å². The zero-order valence-electron chi connectivity index (χ0n) is 11.6. The Hall–Kier alpha value is -2.10. The molecule has 0 fully saturated rings. The van der Waals surface area contributed by atoms with Gasteiger partial charge in [-0.1, -0.05) is 48.5 Å². The number of quaternary nitrogens is 1. The van der Waals surface area contributed by atoms with Crippen LogP contribution in [0.3, 0.4) is 0 Å². The molecule has 108 valence electrons. The number of amides is 1. The van der Waals surface area contributed by atoms with Gasteiger partial charge in [-0.2, -0.15) is 0 Å². The Balaban J connectivity index is 2.16. The van der Waals surface area contributed by atoms with E-state index in [-0.39, 0.29) is 11.9 Å². The van der Waals surface area contributed by atoms with E-state index >= 15 is 0 Å². The van der Waals surface area contributed by atoms with Crippen molar-refractivity contribution in [3.05, 3.63) is 77.8 Å². The minimum atomic E-state index is -0.333. The van der Waals surface area contributed by atoms with Gasteiger partial charge < -0.3 is 10.6 Å². The lowest BCUT2D eigenvalue weighted by Crippen LogP contribution is -2.87. The molecule has 0 saturated carbocycles. The van der Waals surface area contributed by atoms with Crippen LogP contribution in [0.15, 0.2) is 67.3 Å². The molecule has 2 rings (SSSR count). The summed E-state index contributed by atoms with van der Waals surface area (Å²) in [6.45, 7) is 4.36. The highest BCUT2D eigenvalue weighted by Crippen LogP contribution is 2.16. The Labute approximate surface area is 129 Å². The lowest BCUT2D eigenvalue weighted by molar-refractivity contribution is -0.674. The maximum Gasteiger partial charge on any atom is 0.287 e. The van der Waals surface area contributed by atoms with Crippen LogP contribution >= 0.6 is 11.6 Å². The van der Waals surface area contributed by atoms with Crippen molar-refractivity contribution in [3.63, 3.8) is 0 Å². The second-order valence-corrected chi connectivity index (χ2v) is 5.08. The molecule has 0 spiro atoms. The molecule has 3 N–H and O–H groups in total. The quantitative estimate of drug-likeness (QED) is 0.792. The number of carbonyl (C=O) groups is 1. The van der Waals surface area contributed by atoms with Gasteiger partial charge >= 0.3 is 0 Å². The van der Waals surface area contributed by atoms with Crippen molar-refractivity contribution in [3.8, 4) is 0 Å². The van der Waals surface area contributed by atoms with E-state index in [0.29, 0.717) is 11.6 Å². The summed E-state index contributed by atoms with van der Waals surface area (Å²) in [5, 5.41) is 5.52. The Morgan fingerprint density at radius 1 is 1.19 bits per heavy atom. The molecule has 0 unspecified atom stereocenters. The van der Waals surface area contributed by atoms with Crippen LogP contribution in [0.1, 0.15) is 11.6 Å². The molecule has 0 aliphatic rings. The normalized spacial score (nSPS) is 11.7. The first kappa shape index (κ1) is 15.3. The van der Waals surface area contributed by atoms with Crippen LogP contribution in [0.5, 0.6) is 0 Å². The average Bonchev–Trinajstić information content (AvgIpc) is 2.50. The van der Waals surface area contributed by atoms with Gasteiger partial charge in [0.05, 0.1) is 6.54 Å². The Kier molecular flexibility index (Phi) is 5.55. The summed E-state index contributed by atoms with van der Waals surface area (Å²) >= 11 is 5.90. The summed E-state index contributed by atoms with van der Waals surface area (Å²) in [5.74, 6) is -0.0645. The van der Waals surface area contributed by atoms with E-state index in [2.05, 4.69) is 11.9 Å². The molecule has 0 heterocycles. The predicted molar refractivity (Wildman–Crippen MR) is 86.3 cm³/mol. The number of nitrogens with two attached hydrogens (primary N) is 1. The number of hydrogen-bond acceptors (Lipinski definition) is 1. The second kappa shape index (κ2) is 7.62. The van der Waals surface area contributed by atoms with Crippen LogP contribution in [-0.2, 0) is 4.79 Å². The number of rotatable bonds is 6. The fourth-order valence-electron chi connectivity index (χ4n) is 2.04. The van der Waals surface area contributed by atoms with Crippen LogP contribution in [0, 0.1) is 0 Å². The number of carbonyl (C=O) groups excluding carboxylic acids is 1. The smallest absolute Gasteiger partial charge is 0.287 e. The zero-order chi connectivity index (χ0) is 15.1. The van der Waals surface area contributed by atoms with E-state index in [1.807, 2.05) is 47.8 Å². The summed E-state index contributed by atoms with van der Waals surface area (Å²) in [7, 11) is 0. The molecule has 21 heavy (non-hydrogen) atoms. The second-order valence-electron chi connectivity index (χ2n) is 4.64. The van der Waals surface area contributed by atoms with E-state index < -0.39 is 0 Å². The molecule has 2 aromatic carbocycles. The van der Waals surface area contributed by atoms with Gasteiger partial charge in [0.2, 0.25) is 0 Å². The largest absolute Gasteiger partial charge is 0.329 e. The van der Waals surface area contributed by atoms with Gasteiger partial charge in [0.25, 0.3) is 5.91 Å². The zero-order valence-corrected chi connectivity index (χ0v) is 12.4. The fraction of sp³-hybridized carbons (Fsp3) is 0.118. The van der Waals surface area contributed by atoms with Crippen LogP contribution in [0.25, 0.3) is 0 Å². The predicted octanol–water partition coefficient (Wildman–Crippen LogP) is 2.77. The maximum absolute atomic E-state index is 12.5. The molecule has 0 bridgehead atoms. The number of anilines is 1. The number of para-hydroxylation sites is 1. The highest BCUT2D eigenvalue weighted by atomic mass is 35.5. The van der Waals surface area contributed by atoms with E-state index in [9.17, 15) is 4.79 Å². The molecule has 0 saturated heterocycles. The van der Waals surface area contributed by atoms with Gasteiger partial charge in [-0.15, -0.1) is 0 Å². The summed E-state index contributed by atoms with van der Waals surface area (Å²) in [6, 6.07) is 16.4. The minimum absolute atomic E-state index is 0.0645. The number of nitrogens with one attached hydrogen (secondary N) is 1. The molecule has 2 aromatic rings. The van der Waals surface area contributed by atoms with E-state index in [1.54, 1.807) is 18.2 Å². The van der Waals surface area contributed by atoms with Crippen molar-refractivity contribution >= 4 is 23.2 Å². The maximum atomic E-state index is 12.5. The van der Waals surface area contributed by atoms with Gasteiger partial charge in [-0.3, -0.25) is 4.79 Å².